The van der Waals surface area contributed by atoms with Crippen molar-refractivity contribution in [3.8, 4) is 0 Å². The Balaban J connectivity index is 1.82. The van der Waals surface area contributed by atoms with E-state index >= 15 is 0 Å². The number of nitrogens with zero attached hydrogens (tertiary/aromatic N) is 1. The first-order chi connectivity index (χ1) is 13.0. The molecule has 0 aromatic rings. The number of esters is 1. The average molecular weight is 378 g/mol. The Morgan fingerprint density at radius 3 is 2.19 bits per heavy atom. The smallest absolute Gasteiger partial charge is 0.330 e. The molecule has 7 heteroatoms. The van der Waals surface area contributed by atoms with E-state index in [2.05, 4.69) is 5.32 Å². The summed E-state index contributed by atoms with van der Waals surface area (Å²) in [5.41, 5.74) is 0. The molecule has 3 fully saturated rings. The van der Waals surface area contributed by atoms with E-state index in [-0.39, 0.29) is 18.7 Å². The summed E-state index contributed by atoms with van der Waals surface area (Å²) in [5, 5.41) is 2.92. The van der Waals surface area contributed by atoms with Gasteiger partial charge in [-0.1, -0.05) is 38.5 Å². The van der Waals surface area contributed by atoms with E-state index in [9.17, 15) is 19.2 Å². The third-order valence-corrected chi connectivity index (χ3v) is 6.07. The van der Waals surface area contributed by atoms with Gasteiger partial charge in [-0.3, -0.25) is 14.4 Å². The van der Waals surface area contributed by atoms with Crippen LogP contribution in [0.1, 0.15) is 71.1 Å². The van der Waals surface area contributed by atoms with Gasteiger partial charge in [0.05, 0.1) is 6.61 Å². The van der Waals surface area contributed by atoms with Crippen molar-refractivity contribution in [3.05, 3.63) is 0 Å². The number of ether oxygens (including phenoxy) is 1. The summed E-state index contributed by atoms with van der Waals surface area (Å²) in [5.74, 6) is -3.92. The minimum Gasteiger partial charge on any atom is -0.464 e. The molecule has 0 aromatic carbocycles. The molecule has 150 valence electrons. The van der Waals surface area contributed by atoms with Gasteiger partial charge < -0.3 is 15.0 Å². The molecule has 2 saturated carbocycles. The van der Waals surface area contributed by atoms with Crippen LogP contribution < -0.4 is 5.32 Å². The zero-order chi connectivity index (χ0) is 19.4. The molecule has 0 bridgehead atoms. The number of likely N-dealkylation sites (tertiary alicyclic amines) is 1. The molecule has 7 nitrogen and oxygen atoms in total. The molecule has 3 aliphatic rings. The molecule has 2 unspecified atom stereocenters. The van der Waals surface area contributed by atoms with E-state index in [4.69, 9.17) is 4.74 Å². The van der Waals surface area contributed by atoms with Gasteiger partial charge in [0.2, 0.25) is 11.7 Å². The van der Waals surface area contributed by atoms with Crippen LogP contribution in [-0.4, -0.2) is 53.2 Å². The lowest BCUT2D eigenvalue weighted by Gasteiger charge is -2.35. The van der Waals surface area contributed by atoms with Crippen molar-refractivity contribution in [2.24, 2.45) is 5.92 Å². The van der Waals surface area contributed by atoms with Crippen LogP contribution >= 0.6 is 0 Å². The van der Waals surface area contributed by atoms with E-state index < -0.39 is 35.5 Å². The van der Waals surface area contributed by atoms with Crippen LogP contribution in [0.3, 0.4) is 0 Å². The number of rotatable bonds is 5. The van der Waals surface area contributed by atoms with Crippen molar-refractivity contribution in [1.29, 1.82) is 0 Å². The maximum Gasteiger partial charge on any atom is 0.330 e. The van der Waals surface area contributed by atoms with Gasteiger partial charge >= 0.3 is 5.97 Å². The van der Waals surface area contributed by atoms with Crippen molar-refractivity contribution in [1.82, 2.24) is 10.2 Å². The molecule has 0 radical (unpaired) electrons. The van der Waals surface area contributed by atoms with Crippen LogP contribution in [0.25, 0.3) is 0 Å². The summed E-state index contributed by atoms with van der Waals surface area (Å²) in [7, 11) is 0. The molecule has 1 heterocycles. The second kappa shape index (κ2) is 8.85. The third kappa shape index (κ3) is 4.17. The van der Waals surface area contributed by atoms with Gasteiger partial charge in [0.25, 0.3) is 5.91 Å². The molecular weight excluding hydrogens is 348 g/mol. The summed E-state index contributed by atoms with van der Waals surface area (Å²) < 4.78 is 5.15. The number of amides is 2. The van der Waals surface area contributed by atoms with E-state index in [1.165, 1.54) is 4.90 Å². The second-order valence-corrected chi connectivity index (χ2v) is 7.89. The van der Waals surface area contributed by atoms with Gasteiger partial charge in [0.15, 0.2) is 0 Å². The molecule has 27 heavy (non-hydrogen) atoms. The highest BCUT2D eigenvalue weighted by atomic mass is 16.5. The molecule has 1 saturated heterocycles. The summed E-state index contributed by atoms with van der Waals surface area (Å²) in [4.78, 5) is 52.3. The Labute approximate surface area is 160 Å². The first kappa shape index (κ1) is 19.8. The van der Waals surface area contributed by atoms with Gasteiger partial charge in [-0.25, -0.2) is 4.79 Å². The molecule has 0 spiro atoms. The first-order valence-electron chi connectivity index (χ1n) is 10.4. The fourth-order valence-electron chi connectivity index (χ4n) is 4.72. The Hall–Kier alpha value is -1.92. The fourth-order valence-corrected chi connectivity index (χ4v) is 4.72. The molecular formula is C20H30N2O5. The number of carbonyl (C=O) groups is 4. The average Bonchev–Trinajstić information content (AvgIpc) is 2.95. The zero-order valence-corrected chi connectivity index (χ0v) is 16.1. The fraction of sp³-hybridized carbons (Fsp3) is 0.800. The van der Waals surface area contributed by atoms with E-state index in [0.717, 1.165) is 64.2 Å². The molecule has 2 amide bonds. The Bertz CT molecular complexity index is 593. The van der Waals surface area contributed by atoms with Gasteiger partial charge in [-0.15, -0.1) is 0 Å². The standard InChI is InChI=1S/C20H30N2O5/c1-2-27-20(26)16-15(18(24)21-13-9-5-3-6-10-13)17(23)19(25)22(16)14-11-7-4-8-12-14/h13-16H,2-12H2,1H3,(H,21,24). The van der Waals surface area contributed by atoms with Crippen LogP contribution in [0.2, 0.25) is 0 Å². The van der Waals surface area contributed by atoms with Crippen LogP contribution in [0.5, 0.6) is 0 Å². The van der Waals surface area contributed by atoms with Crippen molar-refractivity contribution in [2.75, 3.05) is 6.61 Å². The SMILES string of the molecule is CCOC(=O)C1C(C(=O)NC2CCCCC2)C(=O)C(=O)N1C1CCCCC1. The number of carbonyl (C=O) groups excluding carboxylic acids is 4. The highest BCUT2D eigenvalue weighted by molar-refractivity contribution is 6.44. The maximum absolute atomic E-state index is 12.9. The highest BCUT2D eigenvalue weighted by Crippen LogP contribution is 2.33. The lowest BCUT2D eigenvalue weighted by molar-refractivity contribution is -0.156. The normalized spacial score (nSPS) is 27.7. The number of nitrogens with one attached hydrogen (secondary N) is 1. The first-order valence-corrected chi connectivity index (χ1v) is 10.4. The lowest BCUT2D eigenvalue weighted by atomic mass is 9.91. The second-order valence-electron chi connectivity index (χ2n) is 7.89. The Morgan fingerprint density at radius 2 is 1.59 bits per heavy atom. The minimum absolute atomic E-state index is 0.0146. The van der Waals surface area contributed by atoms with Gasteiger partial charge in [-0.2, -0.15) is 0 Å². The number of ketones is 1. The number of hydrogen-bond acceptors (Lipinski definition) is 5. The van der Waals surface area contributed by atoms with E-state index in [1.54, 1.807) is 6.92 Å². The summed E-state index contributed by atoms with van der Waals surface area (Å²) in [6.07, 6.45) is 9.48. The van der Waals surface area contributed by atoms with Gasteiger partial charge in [-0.05, 0) is 32.6 Å². The zero-order valence-electron chi connectivity index (χ0n) is 16.1. The van der Waals surface area contributed by atoms with Crippen LogP contribution in [0.4, 0.5) is 0 Å². The predicted octanol–water partition coefficient (Wildman–Crippen LogP) is 1.73. The van der Waals surface area contributed by atoms with Crippen molar-refractivity contribution in [3.63, 3.8) is 0 Å². The monoisotopic (exact) mass is 378 g/mol. The van der Waals surface area contributed by atoms with Crippen LogP contribution in [0.15, 0.2) is 0 Å². The summed E-state index contributed by atoms with van der Waals surface area (Å²) >= 11 is 0. The quantitative estimate of drug-likeness (QED) is 0.447. The molecule has 2 aliphatic carbocycles. The Morgan fingerprint density at radius 1 is 1.00 bits per heavy atom. The van der Waals surface area contributed by atoms with Gasteiger partial charge in [0.1, 0.15) is 12.0 Å². The minimum atomic E-state index is -1.29. The Kier molecular flexibility index (Phi) is 6.50. The van der Waals surface area contributed by atoms with Crippen molar-refractivity contribution < 1.29 is 23.9 Å². The van der Waals surface area contributed by atoms with Crippen LogP contribution in [-0.2, 0) is 23.9 Å². The topological polar surface area (TPSA) is 92.8 Å². The molecule has 3 rings (SSSR count). The summed E-state index contributed by atoms with van der Waals surface area (Å²) in [6.45, 7) is 1.83. The van der Waals surface area contributed by atoms with Crippen LogP contribution in [0, 0.1) is 5.92 Å². The lowest BCUT2D eigenvalue weighted by Crippen LogP contribution is -2.52. The number of Topliss-reactive ketones (excluding diaryl/α,β-unsaturated/α-hetero) is 1. The molecule has 1 aliphatic heterocycles. The third-order valence-electron chi connectivity index (χ3n) is 6.07. The highest BCUT2D eigenvalue weighted by Gasteiger charge is 2.57. The van der Waals surface area contributed by atoms with Gasteiger partial charge in [0, 0.05) is 12.1 Å². The molecule has 0 aromatic heterocycles. The van der Waals surface area contributed by atoms with Crippen molar-refractivity contribution in [2.45, 2.75) is 89.3 Å². The largest absolute Gasteiger partial charge is 0.464 e. The van der Waals surface area contributed by atoms with E-state index in [1.807, 2.05) is 0 Å². The number of hydrogen-bond donors (Lipinski definition) is 1. The van der Waals surface area contributed by atoms with Crippen molar-refractivity contribution >= 4 is 23.6 Å². The predicted molar refractivity (Wildman–Crippen MR) is 97.7 cm³/mol. The molecule has 2 atom stereocenters. The van der Waals surface area contributed by atoms with E-state index in [0.29, 0.717) is 0 Å². The molecule has 1 N–H and O–H groups in total. The maximum atomic E-state index is 12.9. The summed E-state index contributed by atoms with van der Waals surface area (Å²) in [6, 6.07) is -1.28.